The van der Waals surface area contributed by atoms with Gasteiger partial charge in [0.1, 0.15) is 16.3 Å². The molecule has 1 N–H and O–H groups in total. The molecule has 124 valence electrons. The van der Waals surface area contributed by atoms with E-state index < -0.39 is 25.2 Å². The minimum Gasteiger partial charge on any atom is -0.338 e. The molecule has 1 aliphatic heterocycles. The van der Waals surface area contributed by atoms with E-state index in [0.717, 1.165) is 20.7 Å². The molecule has 0 saturated carbocycles. The van der Waals surface area contributed by atoms with Crippen molar-refractivity contribution in [1.29, 1.82) is 0 Å². The second kappa shape index (κ2) is 6.12. The third-order valence-corrected chi connectivity index (χ3v) is 4.97. The summed E-state index contributed by atoms with van der Waals surface area (Å²) in [7, 11) is 0. The molecule has 2 aromatic heterocycles. The van der Waals surface area contributed by atoms with Crippen LogP contribution >= 0.6 is 22.9 Å². The summed E-state index contributed by atoms with van der Waals surface area (Å²) in [4.78, 5) is 23.3. The lowest BCUT2D eigenvalue weighted by atomic mass is 10.1. The number of fused-ring (bicyclic) bond motifs is 3. The summed E-state index contributed by atoms with van der Waals surface area (Å²) in [6.07, 6.45) is -3.35. The maximum atomic E-state index is 12.1. The van der Waals surface area contributed by atoms with Crippen LogP contribution in [-0.4, -0.2) is 40.2 Å². The SMILES string of the molecule is O=C(NCCC(F)(F)F)N1CCc2c(sc3ncnc(Cl)c23)C1. The van der Waals surface area contributed by atoms with Crippen LogP contribution in [0.2, 0.25) is 5.15 Å². The van der Waals surface area contributed by atoms with Crippen LogP contribution in [0.15, 0.2) is 6.33 Å². The van der Waals surface area contributed by atoms with Gasteiger partial charge in [0.2, 0.25) is 0 Å². The molecule has 10 heteroatoms. The Morgan fingerprint density at radius 1 is 1.43 bits per heavy atom. The number of alkyl halides is 3. The Morgan fingerprint density at radius 2 is 2.22 bits per heavy atom. The van der Waals surface area contributed by atoms with Gasteiger partial charge in [0.05, 0.1) is 18.4 Å². The quantitative estimate of drug-likeness (QED) is 0.831. The van der Waals surface area contributed by atoms with Crippen molar-refractivity contribution in [3.05, 3.63) is 21.9 Å². The topological polar surface area (TPSA) is 58.1 Å². The third-order valence-electron chi connectivity index (χ3n) is 3.56. The molecule has 23 heavy (non-hydrogen) atoms. The number of thiophene rings is 1. The summed E-state index contributed by atoms with van der Waals surface area (Å²) >= 11 is 7.53. The van der Waals surface area contributed by atoms with Crippen molar-refractivity contribution in [3.8, 4) is 0 Å². The summed E-state index contributed by atoms with van der Waals surface area (Å²) < 4.78 is 36.3. The number of hydrogen-bond acceptors (Lipinski definition) is 4. The summed E-state index contributed by atoms with van der Waals surface area (Å²) in [6, 6.07) is -0.491. The van der Waals surface area contributed by atoms with Gasteiger partial charge in [0, 0.05) is 18.0 Å². The Balaban J connectivity index is 1.70. The molecule has 0 bridgehead atoms. The molecule has 2 amide bonds. The number of amides is 2. The molecule has 0 radical (unpaired) electrons. The van der Waals surface area contributed by atoms with E-state index in [1.54, 1.807) is 0 Å². The molecule has 5 nitrogen and oxygen atoms in total. The van der Waals surface area contributed by atoms with Crippen LogP contribution in [-0.2, 0) is 13.0 Å². The van der Waals surface area contributed by atoms with Crippen molar-refractivity contribution in [2.75, 3.05) is 13.1 Å². The minimum absolute atomic E-state index is 0.338. The highest BCUT2D eigenvalue weighted by atomic mass is 35.5. The Morgan fingerprint density at radius 3 is 2.96 bits per heavy atom. The van der Waals surface area contributed by atoms with Gasteiger partial charge in [-0.2, -0.15) is 13.2 Å². The maximum absolute atomic E-state index is 12.1. The zero-order chi connectivity index (χ0) is 16.6. The number of urea groups is 1. The third kappa shape index (κ3) is 3.50. The first-order valence-corrected chi connectivity index (χ1v) is 8.05. The lowest BCUT2D eigenvalue weighted by Crippen LogP contribution is -2.43. The first-order chi connectivity index (χ1) is 10.8. The summed E-state index contributed by atoms with van der Waals surface area (Å²) in [5.74, 6) is 0. The molecule has 2 aromatic rings. The van der Waals surface area contributed by atoms with E-state index in [-0.39, 0.29) is 0 Å². The van der Waals surface area contributed by atoms with Crippen LogP contribution in [0.3, 0.4) is 0 Å². The van der Waals surface area contributed by atoms with E-state index >= 15 is 0 Å². The van der Waals surface area contributed by atoms with Gasteiger partial charge in [-0.05, 0) is 12.0 Å². The number of halogens is 4. The van der Waals surface area contributed by atoms with Crippen molar-refractivity contribution in [2.24, 2.45) is 0 Å². The molecule has 3 heterocycles. The Labute approximate surface area is 138 Å². The van der Waals surface area contributed by atoms with Gasteiger partial charge in [-0.25, -0.2) is 14.8 Å². The van der Waals surface area contributed by atoms with Crippen LogP contribution < -0.4 is 5.32 Å². The normalized spacial score (nSPS) is 14.9. The van der Waals surface area contributed by atoms with E-state index in [0.29, 0.717) is 24.7 Å². The van der Waals surface area contributed by atoms with Gasteiger partial charge in [0.15, 0.2) is 0 Å². The smallest absolute Gasteiger partial charge is 0.338 e. The van der Waals surface area contributed by atoms with E-state index in [9.17, 15) is 18.0 Å². The molecule has 0 spiro atoms. The zero-order valence-electron chi connectivity index (χ0n) is 11.8. The van der Waals surface area contributed by atoms with Crippen molar-refractivity contribution in [1.82, 2.24) is 20.2 Å². The second-order valence-electron chi connectivity index (χ2n) is 5.12. The lowest BCUT2D eigenvalue weighted by molar-refractivity contribution is -0.133. The van der Waals surface area contributed by atoms with E-state index in [4.69, 9.17) is 11.6 Å². The largest absolute Gasteiger partial charge is 0.390 e. The predicted octanol–water partition coefficient (Wildman–Crippen LogP) is 3.36. The highest BCUT2D eigenvalue weighted by molar-refractivity contribution is 7.19. The second-order valence-corrected chi connectivity index (χ2v) is 6.56. The first-order valence-electron chi connectivity index (χ1n) is 6.85. The number of hydrogen-bond donors (Lipinski definition) is 1. The highest BCUT2D eigenvalue weighted by Crippen LogP contribution is 2.36. The van der Waals surface area contributed by atoms with E-state index in [1.165, 1.54) is 22.6 Å². The Hall–Kier alpha value is -1.61. The van der Waals surface area contributed by atoms with Crippen LogP contribution in [0.5, 0.6) is 0 Å². The molecule has 0 unspecified atom stereocenters. The molecule has 0 atom stereocenters. The van der Waals surface area contributed by atoms with E-state index in [1.807, 2.05) is 0 Å². The standard InChI is InChI=1S/C13H12ClF3N4OS/c14-10-9-7-1-4-21(12(22)18-3-2-13(15,16)17)5-8(7)23-11(9)20-6-19-10/h6H,1-5H2,(H,18,22). The lowest BCUT2D eigenvalue weighted by Gasteiger charge is -2.27. The molecule has 0 saturated heterocycles. The van der Waals surface area contributed by atoms with Crippen molar-refractivity contribution < 1.29 is 18.0 Å². The first kappa shape index (κ1) is 16.3. The maximum Gasteiger partial charge on any atom is 0.390 e. The zero-order valence-corrected chi connectivity index (χ0v) is 13.4. The van der Waals surface area contributed by atoms with E-state index in [2.05, 4.69) is 15.3 Å². The van der Waals surface area contributed by atoms with Crippen molar-refractivity contribution in [3.63, 3.8) is 0 Å². The average molecular weight is 365 g/mol. The van der Waals surface area contributed by atoms with Crippen LogP contribution in [0, 0.1) is 0 Å². The predicted molar refractivity (Wildman–Crippen MR) is 80.6 cm³/mol. The average Bonchev–Trinajstić information content (AvgIpc) is 2.84. The molecule has 0 aliphatic carbocycles. The number of carbonyl (C=O) groups is 1. The monoisotopic (exact) mass is 364 g/mol. The van der Waals surface area contributed by atoms with Gasteiger partial charge in [-0.1, -0.05) is 11.6 Å². The van der Waals surface area contributed by atoms with Gasteiger partial charge in [0.25, 0.3) is 0 Å². The van der Waals surface area contributed by atoms with Gasteiger partial charge in [-0.3, -0.25) is 0 Å². The van der Waals surface area contributed by atoms with Crippen LogP contribution in [0.4, 0.5) is 18.0 Å². The van der Waals surface area contributed by atoms with Gasteiger partial charge >= 0.3 is 12.2 Å². The summed E-state index contributed by atoms with van der Waals surface area (Å²) in [6.45, 7) is 0.335. The molecule has 0 fully saturated rings. The fourth-order valence-electron chi connectivity index (χ4n) is 2.49. The highest BCUT2D eigenvalue weighted by Gasteiger charge is 2.29. The number of aromatic nitrogens is 2. The summed E-state index contributed by atoms with van der Waals surface area (Å²) in [5.41, 5.74) is 1.02. The van der Waals surface area contributed by atoms with Crippen molar-refractivity contribution in [2.45, 2.75) is 25.6 Å². The Kier molecular flexibility index (Phi) is 4.33. The van der Waals surface area contributed by atoms with Crippen molar-refractivity contribution >= 4 is 39.2 Å². The van der Waals surface area contributed by atoms with Gasteiger partial charge < -0.3 is 10.2 Å². The van der Waals surface area contributed by atoms with Gasteiger partial charge in [-0.15, -0.1) is 11.3 Å². The number of nitrogens with one attached hydrogen (secondary N) is 1. The molecule has 1 aliphatic rings. The number of nitrogens with zero attached hydrogens (tertiary/aromatic N) is 3. The fraction of sp³-hybridized carbons (Fsp3) is 0.462. The minimum atomic E-state index is -4.27. The molecular weight excluding hydrogens is 353 g/mol. The summed E-state index contributed by atoms with van der Waals surface area (Å²) in [5, 5.41) is 3.50. The van der Waals surface area contributed by atoms with Crippen LogP contribution in [0.25, 0.3) is 10.2 Å². The number of rotatable bonds is 2. The number of carbonyl (C=O) groups excluding carboxylic acids is 1. The molecule has 0 aromatic carbocycles. The fourth-order valence-corrected chi connectivity index (χ4v) is 3.99. The molecule has 3 rings (SSSR count). The Bertz CT molecular complexity index is 749. The molecular formula is C13H12ClF3N4OS. The van der Waals surface area contributed by atoms with Crippen LogP contribution in [0.1, 0.15) is 16.9 Å².